The van der Waals surface area contributed by atoms with Crippen molar-refractivity contribution in [1.82, 2.24) is 9.62 Å². The van der Waals surface area contributed by atoms with Gasteiger partial charge < -0.3 is 10.2 Å². The van der Waals surface area contributed by atoms with Gasteiger partial charge in [-0.3, -0.25) is 4.79 Å². The van der Waals surface area contributed by atoms with E-state index < -0.39 is 10.0 Å². The zero-order valence-electron chi connectivity index (χ0n) is 15.9. The summed E-state index contributed by atoms with van der Waals surface area (Å²) >= 11 is 4.51. The van der Waals surface area contributed by atoms with Crippen LogP contribution in [0.4, 0.5) is 5.69 Å². The molecule has 1 saturated heterocycles. The number of rotatable bonds is 6. The molecular formula is C19H24BrN3O3S2. The zero-order chi connectivity index (χ0) is 20.3. The number of carbonyl (C=O) groups is 1. The average Bonchev–Trinajstić information content (AvgIpc) is 3.13. The number of carbonyl (C=O) groups excluding carboxylic acids is 1. The molecule has 0 spiro atoms. The molecule has 2 heterocycles. The number of sulfonamides is 1. The highest BCUT2D eigenvalue weighted by molar-refractivity contribution is 9.11. The van der Waals surface area contributed by atoms with Gasteiger partial charge in [-0.15, -0.1) is 11.3 Å². The molecular weight excluding hydrogens is 462 g/mol. The van der Waals surface area contributed by atoms with Crippen LogP contribution in [-0.4, -0.2) is 45.8 Å². The Morgan fingerprint density at radius 1 is 1.18 bits per heavy atom. The van der Waals surface area contributed by atoms with E-state index in [1.54, 1.807) is 12.1 Å². The van der Waals surface area contributed by atoms with E-state index in [0.717, 1.165) is 15.0 Å². The Hall–Kier alpha value is -1.42. The average molecular weight is 486 g/mol. The van der Waals surface area contributed by atoms with E-state index in [1.807, 2.05) is 43.3 Å². The van der Waals surface area contributed by atoms with E-state index in [2.05, 4.69) is 21.2 Å². The van der Waals surface area contributed by atoms with Crippen molar-refractivity contribution in [3.05, 3.63) is 45.7 Å². The second-order valence-electron chi connectivity index (χ2n) is 7.02. The Bertz CT molecular complexity index is 918. The summed E-state index contributed by atoms with van der Waals surface area (Å²) in [6.07, 6.45) is 1.08. The van der Waals surface area contributed by atoms with Crippen LogP contribution in [-0.2, 0) is 21.4 Å². The topological polar surface area (TPSA) is 69.7 Å². The van der Waals surface area contributed by atoms with Gasteiger partial charge in [-0.25, -0.2) is 8.42 Å². The Balaban J connectivity index is 1.51. The first-order valence-corrected chi connectivity index (χ1v) is 12.1. The van der Waals surface area contributed by atoms with Gasteiger partial charge in [-0.05, 0) is 58.6 Å². The number of anilines is 1. The van der Waals surface area contributed by atoms with Crippen molar-refractivity contribution >= 4 is 48.9 Å². The molecule has 1 aromatic carbocycles. The van der Waals surface area contributed by atoms with Crippen molar-refractivity contribution in [3.63, 3.8) is 0 Å². The Kier molecular flexibility index (Phi) is 6.80. The lowest BCUT2D eigenvalue weighted by molar-refractivity contribution is -0.126. The fourth-order valence-electron chi connectivity index (χ4n) is 3.17. The molecule has 28 heavy (non-hydrogen) atoms. The van der Waals surface area contributed by atoms with Gasteiger partial charge in [0.25, 0.3) is 10.0 Å². The third-order valence-electron chi connectivity index (χ3n) is 4.89. The molecule has 6 nitrogen and oxygen atoms in total. The van der Waals surface area contributed by atoms with Crippen LogP contribution in [0.2, 0.25) is 0 Å². The number of amides is 1. The number of hydrogen-bond donors (Lipinski definition) is 1. The molecule has 0 unspecified atom stereocenters. The second-order valence-corrected chi connectivity index (χ2v) is 11.6. The van der Waals surface area contributed by atoms with Crippen molar-refractivity contribution in [2.45, 2.75) is 23.6 Å². The molecule has 0 bridgehead atoms. The molecule has 1 amide bonds. The quantitative estimate of drug-likeness (QED) is 0.681. The minimum atomic E-state index is -3.47. The second kappa shape index (κ2) is 8.94. The predicted molar refractivity (Wildman–Crippen MR) is 116 cm³/mol. The highest BCUT2D eigenvalue weighted by atomic mass is 79.9. The summed E-state index contributed by atoms with van der Waals surface area (Å²) in [5.41, 5.74) is 2.16. The van der Waals surface area contributed by atoms with E-state index in [9.17, 15) is 13.2 Å². The molecule has 152 valence electrons. The van der Waals surface area contributed by atoms with Crippen molar-refractivity contribution in [2.75, 3.05) is 32.1 Å². The fourth-order valence-corrected chi connectivity index (χ4v) is 6.80. The molecule has 0 aliphatic carbocycles. The van der Waals surface area contributed by atoms with Gasteiger partial charge in [-0.1, -0.05) is 12.1 Å². The number of piperidine rings is 1. The normalized spacial score (nSPS) is 16.1. The molecule has 1 N–H and O–H groups in total. The molecule has 0 atom stereocenters. The Morgan fingerprint density at radius 3 is 2.36 bits per heavy atom. The van der Waals surface area contributed by atoms with Crippen LogP contribution < -0.4 is 10.2 Å². The fraction of sp³-hybridized carbons (Fsp3) is 0.421. The van der Waals surface area contributed by atoms with Crippen LogP contribution in [0, 0.1) is 5.92 Å². The SMILES string of the molecule is CN(C)c1ccc(CNC(=O)C2CCN(S(=O)(=O)c3ccc(Br)s3)CC2)cc1. The van der Waals surface area contributed by atoms with Crippen molar-refractivity contribution < 1.29 is 13.2 Å². The van der Waals surface area contributed by atoms with E-state index >= 15 is 0 Å². The van der Waals surface area contributed by atoms with Gasteiger partial charge >= 0.3 is 0 Å². The molecule has 2 aromatic rings. The molecule has 1 aliphatic rings. The number of halogens is 1. The van der Waals surface area contributed by atoms with Gasteiger partial charge in [0.05, 0.1) is 3.79 Å². The summed E-state index contributed by atoms with van der Waals surface area (Å²) in [6.45, 7) is 1.22. The molecule has 1 aromatic heterocycles. The van der Waals surface area contributed by atoms with Crippen LogP contribution >= 0.6 is 27.3 Å². The smallest absolute Gasteiger partial charge is 0.252 e. The maximum Gasteiger partial charge on any atom is 0.252 e. The summed E-state index contributed by atoms with van der Waals surface area (Å²) in [5.74, 6) is -0.157. The van der Waals surface area contributed by atoms with Crippen LogP contribution in [0.1, 0.15) is 18.4 Å². The van der Waals surface area contributed by atoms with Crippen LogP contribution in [0.15, 0.2) is 44.4 Å². The van der Waals surface area contributed by atoms with E-state index in [1.165, 1.54) is 15.6 Å². The predicted octanol–water partition coefficient (Wildman–Crippen LogP) is 3.29. The van der Waals surface area contributed by atoms with Crippen molar-refractivity contribution in [3.8, 4) is 0 Å². The summed E-state index contributed by atoms with van der Waals surface area (Å²) in [6, 6.07) is 11.4. The largest absolute Gasteiger partial charge is 0.378 e. The van der Waals surface area contributed by atoms with E-state index in [0.29, 0.717) is 36.7 Å². The van der Waals surface area contributed by atoms with Crippen molar-refractivity contribution in [1.29, 1.82) is 0 Å². The number of nitrogens with one attached hydrogen (secondary N) is 1. The van der Waals surface area contributed by atoms with E-state index in [4.69, 9.17) is 0 Å². The molecule has 1 fully saturated rings. The first-order valence-electron chi connectivity index (χ1n) is 9.07. The van der Waals surface area contributed by atoms with Crippen LogP contribution in [0.3, 0.4) is 0 Å². The lowest BCUT2D eigenvalue weighted by Gasteiger charge is -2.30. The molecule has 0 saturated carbocycles. The molecule has 1 aliphatic heterocycles. The van der Waals surface area contributed by atoms with Crippen LogP contribution in [0.5, 0.6) is 0 Å². The number of nitrogens with zero attached hydrogens (tertiary/aromatic N) is 2. The monoisotopic (exact) mass is 485 g/mol. The highest BCUT2D eigenvalue weighted by Crippen LogP contribution is 2.30. The number of benzene rings is 1. The molecule has 9 heteroatoms. The van der Waals surface area contributed by atoms with Gasteiger partial charge in [0.2, 0.25) is 5.91 Å². The molecule has 3 rings (SSSR count). The minimum absolute atomic E-state index is 0.00685. The minimum Gasteiger partial charge on any atom is -0.378 e. The zero-order valence-corrected chi connectivity index (χ0v) is 19.1. The third-order valence-corrected chi connectivity index (χ3v) is 8.88. The molecule has 0 radical (unpaired) electrons. The highest BCUT2D eigenvalue weighted by Gasteiger charge is 2.32. The van der Waals surface area contributed by atoms with Crippen LogP contribution in [0.25, 0.3) is 0 Å². The van der Waals surface area contributed by atoms with Gasteiger partial charge in [0.15, 0.2) is 0 Å². The van der Waals surface area contributed by atoms with E-state index in [-0.39, 0.29) is 11.8 Å². The van der Waals surface area contributed by atoms with Gasteiger partial charge in [0.1, 0.15) is 4.21 Å². The Labute approximate surface area is 178 Å². The summed E-state index contributed by atoms with van der Waals surface area (Å²) in [4.78, 5) is 14.5. The number of hydrogen-bond acceptors (Lipinski definition) is 5. The van der Waals surface area contributed by atoms with Gasteiger partial charge in [0, 0.05) is 45.3 Å². The Morgan fingerprint density at radius 2 is 1.82 bits per heavy atom. The standard InChI is InChI=1S/C19H24BrN3O3S2/c1-22(2)16-5-3-14(4-6-16)13-21-19(24)15-9-11-23(12-10-15)28(25,26)18-8-7-17(20)27-18/h3-8,15H,9-13H2,1-2H3,(H,21,24). The summed E-state index contributed by atoms with van der Waals surface area (Å²) in [7, 11) is 0.503. The maximum absolute atomic E-state index is 12.7. The lowest BCUT2D eigenvalue weighted by atomic mass is 9.97. The third kappa shape index (κ3) is 4.94. The number of thiophene rings is 1. The van der Waals surface area contributed by atoms with Gasteiger partial charge in [-0.2, -0.15) is 4.31 Å². The lowest BCUT2D eigenvalue weighted by Crippen LogP contribution is -2.42. The summed E-state index contributed by atoms with van der Waals surface area (Å²) in [5, 5.41) is 2.98. The first-order chi connectivity index (χ1) is 13.3. The summed E-state index contributed by atoms with van der Waals surface area (Å²) < 4.78 is 28.0. The first kappa shape index (κ1) is 21.3. The van der Waals surface area contributed by atoms with Crippen molar-refractivity contribution in [2.24, 2.45) is 5.92 Å². The maximum atomic E-state index is 12.7.